The van der Waals surface area contributed by atoms with Crippen LogP contribution in [0, 0.1) is 0 Å². The lowest BCUT2D eigenvalue weighted by atomic mass is 10.1. The first kappa shape index (κ1) is 16.2. The zero-order valence-electron chi connectivity index (χ0n) is 12.8. The molecule has 0 aliphatic carbocycles. The molecule has 1 aliphatic heterocycles. The fraction of sp³-hybridized carbons (Fsp3) is 0.812. The maximum Gasteiger partial charge on any atom is 0.100 e. The van der Waals surface area contributed by atoms with Gasteiger partial charge in [-0.05, 0) is 33.1 Å². The minimum atomic E-state index is 0.118. The summed E-state index contributed by atoms with van der Waals surface area (Å²) in [5, 5.41) is 0. The molecule has 0 amide bonds. The highest BCUT2D eigenvalue weighted by Gasteiger charge is 2.18. The van der Waals surface area contributed by atoms with E-state index in [4.69, 9.17) is 5.73 Å². The van der Waals surface area contributed by atoms with Gasteiger partial charge in [0.25, 0.3) is 0 Å². The Morgan fingerprint density at radius 2 is 1.89 bits per heavy atom. The lowest BCUT2D eigenvalue weighted by Gasteiger charge is -2.24. The minimum absolute atomic E-state index is 0.118. The van der Waals surface area contributed by atoms with Gasteiger partial charge in [-0.2, -0.15) is 0 Å². The first-order valence-corrected chi connectivity index (χ1v) is 7.92. The molecular weight excluding hydrogens is 234 g/mol. The molecule has 3 nitrogen and oxygen atoms in total. The Labute approximate surface area is 119 Å². The van der Waals surface area contributed by atoms with Crippen LogP contribution in [0.1, 0.15) is 65.2 Å². The molecule has 19 heavy (non-hydrogen) atoms. The average molecular weight is 265 g/mol. The summed E-state index contributed by atoms with van der Waals surface area (Å²) in [6.07, 6.45) is 14.9. The molecule has 0 aromatic heterocycles. The number of hydrogen-bond donors (Lipinski definition) is 1. The molecule has 0 spiro atoms. The second kappa shape index (κ2) is 10.0. The van der Waals surface area contributed by atoms with Gasteiger partial charge in [0.15, 0.2) is 0 Å². The zero-order valence-corrected chi connectivity index (χ0v) is 12.8. The average Bonchev–Trinajstić information content (AvgIpc) is 2.85. The molecular formula is C16H31N3. The van der Waals surface area contributed by atoms with E-state index >= 15 is 0 Å². The minimum Gasteiger partial charge on any atom is -0.343 e. The van der Waals surface area contributed by atoms with Crippen molar-refractivity contribution in [1.29, 1.82) is 0 Å². The zero-order chi connectivity index (χ0) is 13.9. The molecule has 1 atom stereocenters. The van der Waals surface area contributed by atoms with Crippen molar-refractivity contribution in [3.05, 3.63) is 12.2 Å². The second-order valence-electron chi connectivity index (χ2n) is 5.46. The third-order valence-electron chi connectivity index (χ3n) is 3.72. The molecule has 0 aromatic rings. The van der Waals surface area contributed by atoms with E-state index in [9.17, 15) is 0 Å². The predicted molar refractivity (Wildman–Crippen MR) is 84.4 cm³/mol. The van der Waals surface area contributed by atoms with Crippen molar-refractivity contribution >= 4 is 5.84 Å². The fourth-order valence-electron chi connectivity index (χ4n) is 2.59. The van der Waals surface area contributed by atoms with Gasteiger partial charge in [-0.15, -0.1) is 0 Å². The van der Waals surface area contributed by atoms with Crippen LogP contribution in [0.2, 0.25) is 0 Å². The highest BCUT2D eigenvalue weighted by Crippen LogP contribution is 2.13. The van der Waals surface area contributed by atoms with Gasteiger partial charge in [0.2, 0.25) is 0 Å². The van der Waals surface area contributed by atoms with Crippen LogP contribution in [0.4, 0.5) is 0 Å². The first-order valence-electron chi connectivity index (χ1n) is 7.92. The number of nitrogens with zero attached hydrogens (tertiary/aromatic N) is 2. The molecule has 0 fully saturated rings. The quantitative estimate of drug-likeness (QED) is 0.483. The molecule has 0 saturated heterocycles. The molecule has 1 rings (SSSR count). The Balaban J connectivity index is 1.96. The van der Waals surface area contributed by atoms with Crippen LogP contribution in [0.25, 0.3) is 0 Å². The highest BCUT2D eigenvalue weighted by molar-refractivity contribution is 5.83. The third kappa shape index (κ3) is 6.76. The Morgan fingerprint density at radius 3 is 2.58 bits per heavy atom. The smallest absolute Gasteiger partial charge is 0.100 e. The molecule has 110 valence electrons. The highest BCUT2D eigenvalue weighted by atomic mass is 15.3. The SMILES string of the molecule is C/C=C/CCCCCCCCC1=NCCN1C(C)N. The largest absolute Gasteiger partial charge is 0.343 e. The monoisotopic (exact) mass is 265 g/mol. The summed E-state index contributed by atoms with van der Waals surface area (Å²) in [4.78, 5) is 6.81. The van der Waals surface area contributed by atoms with Crippen LogP contribution < -0.4 is 5.73 Å². The number of allylic oxidation sites excluding steroid dienone is 2. The van der Waals surface area contributed by atoms with Crippen molar-refractivity contribution in [1.82, 2.24) is 4.90 Å². The van der Waals surface area contributed by atoms with E-state index in [2.05, 4.69) is 29.0 Å². The van der Waals surface area contributed by atoms with E-state index < -0.39 is 0 Å². The van der Waals surface area contributed by atoms with Crippen LogP contribution in [0.3, 0.4) is 0 Å². The number of amidine groups is 1. The van der Waals surface area contributed by atoms with Gasteiger partial charge < -0.3 is 10.6 Å². The van der Waals surface area contributed by atoms with Gasteiger partial charge in [0.1, 0.15) is 5.84 Å². The van der Waals surface area contributed by atoms with Gasteiger partial charge in [-0.25, -0.2) is 0 Å². The summed E-state index contributed by atoms with van der Waals surface area (Å²) >= 11 is 0. The van der Waals surface area contributed by atoms with Crippen LogP contribution in [0.15, 0.2) is 17.1 Å². The summed E-state index contributed by atoms with van der Waals surface area (Å²) in [5.41, 5.74) is 5.94. The molecule has 3 heteroatoms. The molecule has 2 N–H and O–H groups in total. The Morgan fingerprint density at radius 1 is 1.21 bits per heavy atom. The molecule has 0 radical (unpaired) electrons. The van der Waals surface area contributed by atoms with Crippen molar-refractivity contribution in [2.24, 2.45) is 10.7 Å². The summed E-state index contributed by atoms with van der Waals surface area (Å²) in [7, 11) is 0. The van der Waals surface area contributed by atoms with Gasteiger partial charge in [-0.1, -0.05) is 37.8 Å². The van der Waals surface area contributed by atoms with Crippen molar-refractivity contribution in [3.63, 3.8) is 0 Å². The number of hydrogen-bond acceptors (Lipinski definition) is 3. The van der Waals surface area contributed by atoms with Gasteiger partial charge in [0, 0.05) is 13.0 Å². The Kier molecular flexibility index (Phi) is 8.55. The lowest BCUT2D eigenvalue weighted by Crippen LogP contribution is -2.41. The molecule has 1 aliphatic rings. The van der Waals surface area contributed by atoms with Gasteiger partial charge in [0.05, 0.1) is 12.7 Å². The van der Waals surface area contributed by atoms with E-state index in [1.165, 1.54) is 50.8 Å². The number of unbranched alkanes of at least 4 members (excludes halogenated alkanes) is 6. The summed E-state index contributed by atoms with van der Waals surface area (Å²) in [5.74, 6) is 1.24. The summed E-state index contributed by atoms with van der Waals surface area (Å²) in [6.45, 7) is 6.09. The predicted octanol–water partition coefficient (Wildman–Crippen LogP) is 3.70. The van der Waals surface area contributed by atoms with Crippen molar-refractivity contribution in [2.75, 3.05) is 13.1 Å². The fourth-order valence-corrected chi connectivity index (χ4v) is 2.59. The standard InChI is InChI=1S/C16H31N3/c1-3-4-5-6-7-8-9-10-11-12-16-18-13-14-19(16)15(2)17/h3-4,15H,5-14,17H2,1-2H3/b4-3+. The van der Waals surface area contributed by atoms with E-state index in [0.717, 1.165) is 19.5 Å². The van der Waals surface area contributed by atoms with Crippen molar-refractivity contribution < 1.29 is 0 Å². The maximum atomic E-state index is 5.94. The van der Waals surface area contributed by atoms with Crippen LogP contribution >= 0.6 is 0 Å². The molecule has 0 aromatic carbocycles. The normalized spacial score (nSPS) is 17.2. The van der Waals surface area contributed by atoms with Crippen molar-refractivity contribution in [2.45, 2.75) is 71.4 Å². The second-order valence-corrected chi connectivity index (χ2v) is 5.46. The summed E-state index contributed by atoms with van der Waals surface area (Å²) < 4.78 is 0. The molecule has 1 heterocycles. The number of aliphatic imine (C=N–C) groups is 1. The molecule has 1 unspecified atom stereocenters. The van der Waals surface area contributed by atoms with Gasteiger partial charge in [-0.3, -0.25) is 4.99 Å². The molecule has 0 saturated carbocycles. The van der Waals surface area contributed by atoms with Gasteiger partial charge >= 0.3 is 0 Å². The Bertz CT molecular complexity index is 282. The van der Waals surface area contributed by atoms with E-state index in [1.807, 2.05) is 6.92 Å². The van der Waals surface area contributed by atoms with E-state index in [1.54, 1.807) is 0 Å². The van der Waals surface area contributed by atoms with Crippen LogP contribution in [-0.4, -0.2) is 30.0 Å². The third-order valence-corrected chi connectivity index (χ3v) is 3.72. The van der Waals surface area contributed by atoms with Crippen LogP contribution in [0.5, 0.6) is 0 Å². The molecule has 0 bridgehead atoms. The maximum absolute atomic E-state index is 5.94. The number of rotatable bonds is 10. The van der Waals surface area contributed by atoms with E-state index in [0.29, 0.717) is 0 Å². The lowest BCUT2D eigenvalue weighted by molar-refractivity contribution is 0.358. The number of nitrogens with two attached hydrogens (primary N) is 1. The topological polar surface area (TPSA) is 41.6 Å². The first-order chi connectivity index (χ1) is 9.25. The van der Waals surface area contributed by atoms with E-state index in [-0.39, 0.29) is 6.17 Å². The van der Waals surface area contributed by atoms with Crippen molar-refractivity contribution in [3.8, 4) is 0 Å². The summed E-state index contributed by atoms with van der Waals surface area (Å²) in [6, 6.07) is 0. The van der Waals surface area contributed by atoms with Crippen LogP contribution in [-0.2, 0) is 0 Å². The Hall–Kier alpha value is -0.830.